The van der Waals surface area contributed by atoms with Gasteiger partial charge in [-0.3, -0.25) is 9.54 Å². The van der Waals surface area contributed by atoms with Gasteiger partial charge in [0.15, 0.2) is 0 Å². The maximum Gasteiger partial charge on any atom is 0.295 e. The van der Waals surface area contributed by atoms with Crippen LogP contribution in [0.25, 0.3) is 33.2 Å². The number of aryl methyl sites for hydroxylation is 1. The Morgan fingerprint density at radius 1 is 0.865 bits per heavy atom. The number of hydrogen-bond donors (Lipinski definition) is 2. The number of anilines is 1. The Kier molecular flexibility index (Phi) is 6.47. The maximum atomic E-state index is 12.0. The van der Waals surface area contributed by atoms with Crippen LogP contribution in [0.2, 0.25) is 5.02 Å². The number of benzene rings is 4. The summed E-state index contributed by atoms with van der Waals surface area (Å²) in [7, 11) is -4.50. The van der Waals surface area contributed by atoms with Crippen molar-refractivity contribution in [1.29, 1.82) is 0 Å². The van der Waals surface area contributed by atoms with Gasteiger partial charge < -0.3 is 5.73 Å². The highest BCUT2D eigenvalue weighted by Crippen LogP contribution is 2.37. The van der Waals surface area contributed by atoms with Gasteiger partial charge in [-0.15, -0.1) is 10.2 Å². The number of pyridine rings is 1. The number of hydrogen-bond acceptors (Lipinski definition) is 6. The molecule has 37 heavy (non-hydrogen) atoms. The summed E-state index contributed by atoms with van der Waals surface area (Å²) in [6.07, 6.45) is 1.57. The van der Waals surface area contributed by atoms with Gasteiger partial charge in [-0.1, -0.05) is 65.7 Å². The predicted octanol–water partition coefficient (Wildman–Crippen LogP) is 7.77. The summed E-state index contributed by atoms with van der Waals surface area (Å²) < 4.78 is 33.6. The summed E-state index contributed by atoms with van der Waals surface area (Å²) in [5.41, 5.74) is 11.8. The second-order valence-electron chi connectivity index (χ2n) is 8.49. The Morgan fingerprint density at radius 2 is 1.65 bits per heavy atom. The fraction of sp³-hybridized carbons (Fsp3) is 0.0357. The molecule has 9 heteroatoms. The normalized spacial score (nSPS) is 11.9. The van der Waals surface area contributed by atoms with Crippen molar-refractivity contribution in [2.24, 2.45) is 10.2 Å². The van der Waals surface area contributed by atoms with Gasteiger partial charge in [0.2, 0.25) is 0 Å². The van der Waals surface area contributed by atoms with Gasteiger partial charge in [-0.05, 0) is 54.4 Å². The zero-order valence-electron chi connectivity index (χ0n) is 19.6. The van der Waals surface area contributed by atoms with E-state index in [1.54, 1.807) is 36.5 Å². The van der Waals surface area contributed by atoms with Crippen molar-refractivity contribution in [3.63, 3.8) is 0 Å². The van der Waals surface area contributed by atoms with E-state index in [9.17, 15) is 13.0 Å². The number of nitrogens with zero attached hydrogens (tertiary/aromatic N) is 3. The molecule has 0 spiro atoms. The van der Waals surface area contributed by atoms with Gasteiger partial charge in [0.25, 0.3) is 10.1 Å². The Labute approximate surface area is 219 Å². The number of fused-ring (bicyclic) bond motifs is 1. The Hall–Kier alpha value is -4.11. The minimum Gasteiger partial charge on any atom is -0.396 e. The van der Waals surface area contributed by atoms with Crippen LogP contribution in [0.3, 0.4) is 0 Å². The number of halogens is 1. The molecule has 4 aromatic carbocycles. The summed E-state index contributed by atoms with van der Waals surface area (Å²) >= 11 is 6.21. The highest BCUT2D eigenvalue weighted by Gasteiger charge is 2.18. The van der Waals surface area contributed by atoms with Crippen LogP contribution in [-0.2, 0) is 10.1 Å². The van der Waals surface area contributed by atoms with E-state index in [4.69, 9.17) is 17.3 Å². The molecule has 3 N–H and O–H groups in total. The first-order valence-electron chi connectivity index (χ1n) is 11.2. The van der Waals surface area contributed by atoms with E-state index in [-0.39, 0.29) is 16.3 Å². The fourth-order valence-corrected chi connectivity index (χ4v) is 5.05. The van der Waals surface area contributed by atoms with E-state index >= 15 is 0 Å². The smallest absolute Gasteiger partial charge is 0.295 e. The second kappa shape index (κ2) is 9.74. The Morgan fingerprint density at radius 3 is 2.35 bits per heavy atom. The molecule has 7 nitrogen and oxygen atoms in total. The quantitative estimate of drug-likeness (QED) is 0.137. The Bertz CT molecular complexity index is 1790. The lowest BCUT2D eigenvalue weighted by Gasteiger charge is -2.11. The molecule has 0 fully saturated rings. The molecular weight excluding hydrogens is 508 g/mol. The molecule has 5 rings (SSSR count). The molecule has 0 aliphatic carbocycles. The van der Waals surface area contributed by atoms with Crippen molar-refractivity contribution >= 4 is 49.6 Å². The molecule has 0 aliphatic rings. The number of nitrogens with two attached hydrogens (primary N) is 1. The zero-order chi connectivity index (χ0) is 26.2. The highest BCUT2D eigenvalue weighted by atomic mass is 35.5. The van der Waals surface area contributed by atoms with Crippen LogP contribution in [0.1, 0.15) is 5.56 Å². The average Bonchev–Trinajstić information content (AvgIpc) is 2.88. The average molecular weight is 529 g/mol. The lowest BCUT2D eigenvalue weighted by molar-refractivity contribution is 0.484. The van der Waals surface area contributed by atoms with Gasteiger partial charge in [0.1, 0.15) is 16.3 Å². The van der Waals surface area contributed by atoms with Crippen LogP contribution in [0, 0.1) is 6.92 Å². The molecular formula is C28H21ClN4O3S. The zero-order valence-corrected chi connectivity index (χ0v) is 21.2. The van der Waals surface area contributed by atoms with Crippen molar-refractivity contribution < 1.29 is 13.0 Å². The number of aromatic nitrogens is 1. The van der Waals surface area contributed by atoms with Crippen molar-refractivity contribution in [2.45, 2.75) is 11.8 Å². The van der Waals surface area contributed by atoms with Crippen LogP contribution in [0.15, 0.2) is 106 Å². The van der Waals surface area contributed by atoms with Crippen LogP contribution < -0.4 is 5.73 Å². The first-order valence-corrected chi connectivity index (χ1v) is 13.1. The third kappa shape index (κ3) is 5.08. The van der Waals surface area contributed by atoms with E-state index < -0.39 is 10.1 Å². The first-order chi connectivity index (χ1) is 17.7. The summed E-state index contributed by atoms with van der Waals surface area (Å²) in [6, 6.07) is 25.2. The highest BCUT2D eigenvalue weighted by molar-refractivity contribution is 7.86. The van der Waals surface area contributed by atoms with Crippen molar-refractivity contribution in [1.82, 2.24) is 4.98 Å². The lowest BCUT2D eigenvalue weighted by atomic mass is 9.95. The van der Waals surface area contributed by atoms with Gasteiger partial charge >= 0.3 is 0 Å². The van der Waals surface area contributed by atoms with E-state index in [2.05, 4.69) is 21.3 Å². The first kappa shape index (κ1) is 24.6. The van der Waals surface area contributed by atoms with E-state index in [1.807, 2.05) is 49.4 Å². The third-order valence-corrected chi connectivity index (χ3v) is 7.04. The van der Waals surface area contributed by atoms with Gasteiger partial charge in [0.05, 0.1) is 17.6 Å². The molecule has 0 amide bonds. The van der Waals surface area contributed by atoms with Crippen LogP contribution >= 0.6 is 11.6 Å². The molecule has 0 radical (unpaired) electrons. The largest absolute Gasteiger partial charge is 0.396 e. The van der Waals surface area contributed by atoms with E-state index in [1.165, 1.54) is 6.07 Å². The summed E-state index contributed by atoms with van der Waals surface area (Å²) in [5.74, 6) is 0. The molecule has 1 heterocycles. The molecule has 0 atom stereocenters. The minimum atomic E-state index is -4.50. The molecule has 0 aliphatic heterocycles. The van der Waals surface area contributed by atoms with E-state index in [0.717, 1.165) is 27.9 Å². The molecule has 0 bridgehead atoms. The van der Waals surface area contributed by atoms with Gasteiger partial charge in [-0.2, -0.15) is 8.42 Å². The van der Waals surface area contributed by atoms with Crippen molar-refractivity contribution in [3.05, 3.63) is 102 Å². The Balaban J connectivity index is 1.51. The minimum absolute atomic E-state index is 0.123. The fourth-order valence-electron chi connectivity index (χ4n) is 4.14. The van der Waals surface area contributed by atoms with Crippen LogP contribution in [0.4, 0.5) is 17.1 Å². The summed E-state index contributed by atoms with van der Waals surface area (Å²) in [4.78, 5) is 4.30. The molecule has 0 unspecified atom stereocenters. The van der Waals surface area contributed by atoms with Crippen molar-refractivity contribution in [2.75, 3.05) is 5.73 Å². The number of nitrogen functional groups attached to an aromatic ring is 1. The standard InChI is InChI=1S/C28H21ClN4O3S/c1-17-9-11-21(18-5-4-6-19(29)14-18)24(13-17)25-12-10-20(16-31-25)32-33-26-15-27(37(34,35)36)22-7-2-3-8-23(22)28(26)30/h2-16H,30H2,1H3,(H,34,35,36)/b33-32+. The van der Waals surface area contributed by atoms with Crippen LogP contribution in [-0.4, -0.2) is 18.0 Å². The third-order valence-electron chi connectivity index (χ3n) is 5.91. The van der Waals surface area contributed by atoms with Gasteiger partial charge in [-0.25, -0.2) is 0 Å². The topological polar surface area (TPSA) is 118 Å². The second-order valence-corrected chi connectivity index (χ2v) is 10.3. The molecule has 184 valence electrons. The van der Waals surface area contributed by atoms with Gasteiger partial charge in [0, 0.05) is 21.4 Å². The molecule has 0 saturated heterocycles. The maximum absolute atomic E-state index is 12.0. The molecule has 0 saturated carbocycles. The van der Waals surface area contributed by atoms with Crippen LogP contribution in [0.5, 0.6) is 0 Å². The number of azo groups is 1. The SMILES string of the molecule is Cc1ccc(-c2cccc(Cl)c2)c(-c2ccc(/N=N/c3cc(S(=O)(=O)O)c4ccccc4c3N)cn2)c1. The molecule has 5 aromatic rings. The summed E-state index contributed by atoms with van der Waals surface area (Å²) in [6.45, 7) is 2.02. The molecule has 1 aromatic heterocycles. The van der Waals surface area contributed by atoms with Crippen molar-refractivity contribution in [3.8, 4) is 22.4 Å². The monoisotopic (exact) mass is 528 g/mol. The number of rotatable bonds is 5. The lowest BCUT2D eigenvalue weighted by Crippen LogP contribution is -2.01. The summed E-state index contributed by atoms with van der Waals surface area (Å²) in [5, 5.41) is 9.77. The van der Waals surface area contributed by atoms with E-state index in [0.29, 0.717) is 21.5 Å². The predicted molar refractivity (Wildman–Crippen MR) is 147 cm³/mol.